The van der Waals surface area contributed by atoms with Crippen molar-refractivity contribution in [3.05, 3.63) is 78.5 Å². The summed E-state index contributed by atoms with van der Waals surface area (Å²) in [7, 11) is -3.03. The zero-order valence-corrected chi connectivity index (χ0v) is 18.2. The molecule has 0 saturated carbocycles. The summed E-state index contributed by atoms with van der Waals surface area (Å²) < 4.78 is 37.5. The number of rotatable bonds is 8. The second-order valence-electron chi connectivity index (χ2n) is 7.39. The summed E-state index contributed by atoms with van der Waals surface area (Å²) in [5.41, 5.74) is 2.89. The van der Waals surface area contributed by atoms with Crippen LogP contribution in [0.1, 0.15) is 5.56 Å². The molecule has 0 unspecified atom stereocenters. The van der Waals surface area contributed by atoms with Crippen LogP contribution in [0.25, 0.3) is 22.0 Å². The number of sulfone groups is 1. The van der Waals surface area contributed by atoms with Crippen LogP contribution >= 0.6 is 0 Å². The van der Waals surface area contributed by atoms with Crippen LogP contribution in [0.4, 0.5) is 16.0 Å². The Hall–Kier alpha value is -3.59. The smallest absolute Gasteiger partial charge is 0.173 e. The number of fused-ring (bicyclic) bond motifs is 1. The third-order valence-electron chi connectivity index (χ3n) is 4.87. The SMILES string of the molecule is CS(=O)(=O)CCNc1ccc(CNc2nccc(-c3ccc4ncccc4c3)c2F)cn1. The first-order valence-corrected chi connectivity index (χ1v) is 12.1. The average Bonchev–Trinajstić information content (AvgIpc) is 2.78. The van der Waals surface area contributed by atoms with Gasteiger partial charge in [0.25, 0.3) is 0 Å². The van der Waals surface area contributed by atoms with Crippen molar-refractivity contribution in [1.82, 2.24) is 15.0 Å². The van der Waals surface area contributed by atoms with E-state index in [1.54, 1.807) is 30.7 Å². The lowest BCUT2D eigenvalue weighted by Crippen LogP contribution is -2.14. The first-order chi connectivity index (χ1) is 15.4. The van der Waals surface area contributed by atoms with Crippen molar-refractivity contribution in [2.24, 2.45) is 0 Å². The lowest BCUT2D eigenvalue weighted by molar-refractivity contribution is 0.602. The Morgan fingerprint density at radius 2 is 1.84 bits per heavy atom. The molecule has 1 aromatic carbocycles. The van der Waals surface area contributed by atoms with Gasteiger partial charge in [0.2, 0.25) is 0 Å². The van der Waals surface area contributed by atoms with E-state index in [9.17, 15) is 8.42 Å². The van der Waals surface area contributed by atoms with Crippen LogP contribution in [0, 0.1) is 5.82 Å². The molecule has 2 N–H and O–H groups in total. The summed E-state index contributed by atoms with van der Waals surface area (Å²) in [6.07, 6.45) is 6.13. The van der Waals surface area contributed by atoms with E-state index in [1.165, 1.54) is 6.26 Å². The minimum Gasteiger partial charge on any atom is -0.369 e. The average molecular weight is 452 g/mol. The molecule has 9 heteroatoms. The van der Waals surface area contributed by atoms with Crippen molar-refractivity contribution in [3.8, 4) is 11.1 Å². The Morgan fingerprint density at radius 3 is 2.62 bits per heavy atom. The molecule has 0 saturated heterocycles. The monoisotopic (exact) mass is 451 g/mol. The molecule has 3 aromatic heterocycles. The maximum absolute atomic E-state index is 15.1. The third kappa shape index (κ3) is 5.36. The van der Waals surface area contributed by atoms with Crippen LogP contribution in [0.2, 0.25) is 0 Å². The number of benzene rings is 1. The number of nitrogens with one attached hydrogen (secondary N) is 2. The molecule has 0 aliphatic carbocycles. The van der Waals surface area contributed by atoms with E-state index in [0.29, 0.717) is 17.9 Å². The van der Waals surface area contributed by atoms with E-state index in [4.69, 9.17) is 0 Å². The lowest BCUT2D eigenvalue weighted by atomic mass is 10.0. The van der Waals surface area contributed by atoms with Gasteiger partial charge < -0.3 is 10.6 Å². The Balaban J connectivity index is 1.44. The van der Waals surface area contributed by atoms with Gasteiger partial charge in [0.15, 0.2) is 11.6 Å². The molecular formula is C23H22FN5O2S. The fourth-order valence-corrected chi connectivity index (χ4v) is 3.69. The molecule has 0 spiro atoms. The first kappa shape index (κ1) is 21.6. The van der Waals surface area contributed by atoms with Gasteiger partial charge in [-0.3, -0.25) is 4.98 Å². The molecule has 0 aliphatic rings. The number of anilines is 2. The summed E-state index contributed by atoms with van der Waals surface area (Å²) in [6, 6.07) is 14.6. The Kier molecular flexibility index (Phi) is 6.27. The quantitative estimate of drug-likeness (QED) is 0.419. The van der Waals surface area contributed by atoms with Crippen molar-refractivity contribution >= 4 is 32.4 Å². The largest absolute Gasteiger partial charge is 0.369 e. The predicted octanol–water partition coefficient (Wildman–Crippen LogP) is 3.90. The van der Waals surface area contributed by atoms with Crippen LogP contribution in [0.15, 0.2) is 67.1 Å². The normalized spacial score (nSPS) is 11.4. The highest BCUT2D eigenvalue weighted by Crippen LogP contribution is 2.28. The second-order valence-corrected chi connectivity index (χ2v) is 9.65. The highest BCUT2D eigenvalue weighted by atomic mass is 32.2. The molecule has 3 heterocycles. The van der Waals surface area contributed by atoms with Gasteiger partial charge in [-0.1, -0.05) is 18.2 Å². The lowest BCUT2D eigenvalue weighted by Gasteiger charge is -2.11. The molecular weight excluding hydrogens is 429 g/mol. The molecule has 0 fully saturated rings. The fourth-order valence-electron chi connectivity index (χ4n) is 3.22. The summed E-state index contributed by atoms with van der Waals surface area (Å²) in [6.45, 7) is 0.627. The summed E-state index contributed by atoms with van der Waals surface area (Å²) in [5, 5.41) is 6.92. The Morgan fingerprint density at radius 1 is 0.969 bits per heavy atom. The summed E-state index contributed by atoms with van der Waals surface area (Å²) in [4.78, 5) is 12.7. The van der Waals surface area contributed by atoms with Crippen LogP contribution in [-0.2, 0) is 16.4 Å². The van der Waals surface area contributed by atoms with Crippen LogP contribution in [-0.4, -0.2) is 41.9 Å². The summed E-state index contributed by atoms with van der Waals surface area (Å²) in [5.74, 6) is 0.342. The molecule has 164 valence electrons. The van der Waals surface area contributed by atoms with Crippen molar-refractivity contribution in [2.45, 2.75) is 6.54 Å². The topological polar surface area (TPSA) is 96.9 Å². The maximum atomic E-state index is 15.1. The van der Waals surface area contributed by atoms with Crippen LogP contribution in [0.3, 0.4) is 0 Å². The minimum absolute atomic E-state index is 0.0347. The highest BCUT2D eigenvalue weighted by Gasteiger charge is 2.12. The van der Waals surface area contributed by atoms with E-state index >= 15 is 4.39 Å². The second kappa shape index (κ2) is 9.27. The van der Waals surface area contributed by atoms with Gasteiger partial charge >= 0.3 is 0 Å². The van der Waals surface area contributed by atoms with Crippen LogP contribution < -0.4 is 10.6 Å². The maximum Gasteiger partial charge on any atom is 0.173 e. The number of nitrogens with zero attached hydrogens (tertiary/aromatic N) is 3. The van der Waals surface area contributed by atoms with Gasteiger partial charge in [0.1, 0.15) is 15.7 Å². The molecule has 7 nitrogen and oxygen atoms in total. The molecule has 0 bridgehead atoms. The van der Waals surface area contributed by atoms with Crippen molar-refractivity contribution in [3.63, 3.8) is 0 Å². The Labute approximate surface area is 185 Å². The van der Waals surface area contributed by atoms with E-state index in [-0.39, 0.29) is 18.1 Å². The zero-order valence-electron chi connectivity index (χ0n) is 17.4. The van der Waals surface area contributed by atoms with E-state index < -0.39 is 15.7 Å². The van der Waals surface area contributed by atoms with Gasteiger partial charge in [-0.15, -0.1) is 0 Å². The number of halogens is 1. The number of hydrogen-bond donors (Lipinski definition) is 2. The Bertz CT molecular complexity index is 1340. The zero-order chi connectivity index (χ0) is 22.6. The third-order valence-corrected chi connectivity index (χ3v) is 5.81. The number of pyridine rings is 3. The first-order valence-electron chi connectivity index (χ1n) is 9.99. The number of hydrogen-bond acceptors (Lipinski definition) is 7. The minimum atomic E-state index is -3.03. The standard InChI is InChI=1S/C23H22FN5O2S/c1-32(30,31)12-11-26-21-7-4-16(14-28-21)15-29-23-22(24)19(8-10-27-23)17-5-6-20-18(13-17)3-2-9-25-20/h2-10,13-14H,11-12,15H2,1H3,(H,26,28)(H,27,29). The summed E-state index contributed by atoms with van der Waals surface area (Å²) >= 11 is 0. The molecule has 32 heavy (non-hydrogen) atoms. The number of aromatic nitrogens is 3. The molecule has 0 radical (unpaired) electrons. The van der Waals surface area contributed by atoms with Gasteiger partial charge in [-0.25, -0.2) is 22.8 Å². The van der Waals surface area contributed by atoms with Gasteiger partial charge in [0.05, 0.1) is 11.3 Å². The molecule has 4 aromatic rings. The van der Waals surface area contributed by atoms with Crippen molar-refractivity contribution in [2.75, 3.05) is 29.2 Å². The fraction of sp³-hybridized carbons (Fsp3) is 0.174. The van der Waals surface area contributed by atoms with Gasteiger partial charge in [-0.2, -0.15) is 0 Å². The molecule has 4 rings (SSSR count). The molecule has 0 aliphatic heterocycles. The van der Waals surface area contributed by atoms with Crippen LogP contribution in [0.5, 0.6) is 0 Å². The predicted molar refractivity (Wildman–Crippen MR) is 125 cm³/mol. The van der Waals surface area contributed by atoms with E-state index in [1.807, 2.05) is 36.4 Å². The highest BCUT2D eigenvalue weighted by molar-refractivity contribution is 7.90. The van der Waals surface area contributed by atoms with E-state index in [0.717, 1.165) is 22.0 Å². The molecule has 0 atom stereocenters. The van der Waals surface area contributed by atoms with E-state index in [2.05, 4.69) is 25.6 Å². The van der Waals surface area contributed by atoms with Crippen molar-refractivity contribution < 1.29 is 12.8 Å². The van der Waals surface area contributed by atoms with Crippen molar-refractivity contribution in [1.29, 1.82) is 0 Å². The van der Waals surface area contributed by atoms with Gasteiger partial charge in [0, 0.05) is 48.9 Å². The molecule has 0 amide bonds. The van der Waals surface area contributed by atoms with Gasteiger partial charge in [-0.05, 0) is 41.5 Å².